The highest BCUT2D eigenvalue weighted by Gasteiger charge is 2.17. The van der Waals surface area contributed by atoms with Crippen molar-refractivity contribution in [2.45, 2.75) is 6.61 Å². The van der Waals surface area contributed by atoms with Crippen LogP contribution in [0.4, 0.5) is 0 Å². The van der Waals surface area contributed by atoms with Crippen molar-refractivity contribution >= 4 is 27.3 Å². The molecule has 0 saturated carbocycles. The zero-order valence-corrected chi connectivity index (χ0v) is 13.8. The van der Waals surface area contributed by atoms with E-state index in [9.17, 15) is 0 Å². The third kappa shape index (κ3) is 2.54. The molecule has 0 spiro atoms. The maximum atomic E-state index is 5.87. The van der Waals surface area contributed by atoms with Gasteiger partial charge in [-0.05, 0) is 24.3 Å². The first-order valence-electron chi connectivity index (χ1n) is 7.75. The molecule has 0 aliphatic rings. The van der Waals surface area contributed by atoms with Gasteiger partial charge in [-0.25, -0.2) is 0 Å². The summed E-state index contributed by atoms with van der Waals surface area (Å²) in [5, 5.41) is 14.8. The summed E-state index contributed by atoms with van der Waals surface area (Å²) in [5.74, 6) is 2.05. The Balaban J connectivity index is 1.47. The molecule has 7 heteroatoms. The molecule has 0 N–H and O–H groups in total. The van der Waals surface area contributed by atoms with E-state index in [0.717, 1.165) is 21.7 Å². The molecule has 0 unspecified atom stereocenters. The van der Waals surface area contributed by atoms with Gasteiger partial charge in [0.15, 0.2) is 10.8 Å². The SMILES string of the molecule is c1ccc(OCc2nn3c(-c4cc5ccccc5o4)nnc3s2)cc1. The molecule has 5 aromatic rings. The Labute approximate surface area is 146 Å². The largest absolute Gasteiger partial charge is 0.486 e. The van der Waals surface area contributed by atoms with Crippen LogP contribution >= 0.6 is 11.3 Å². The first-order chi connectivity index (χ1) is 12.4. The summed E-state index contributed by atoms with van der Waals surface area (Å²) < 4.78 is 13.3. The lowest BCUT2D eigenvalue weighted by atomic mass is 10.2. The highest BCUT2D eigenvalue weighted by molar-refractivity contribution is 7.16. The molecule has 3 aromatic heterocycles. The molecule has 0 aliphatic heterocycles. The monoisotopic (exact) mass is 348 g/mol. The van der Waals surface area contributed by atoms with E-state index in [4.69, 9.17) is 9.15 Å². The molecule has 5 rings (SSSR count). The fourth-order valence-corrected chi connectivity index (χ4v) is 3.37. The quantitative estimate of drug-likeness (QED) is 0.487. The highest BCUT2D eigenvalue weighted by atomic mass is 32.1. The van der Waals surface area contributed by atoms with Crippen molar-refractivity contribution in [1.29, 1.82) is 0 Å². The summed E-state index contributed by atoms with van der Waals surface area (Å²) in [7, 11) is 0. The summed E-state index contributed by atoms with van der Waals surface area (Å²) in [6, 6.07) is 19.5. The first-order valence-corrected chi connectivity index (χ1v) is 8.56. The molecule has 0 atom stereocenters. The summed E-state index contributed by atoms with van der Waals surface area (Å²) in [5.41, 5.74) is 0.817. The predicted octanol–water partition coefficient (Wildman–Crippen LogP) is 4.18. The number of nitrogens with zero attached hydrogens (tertiary/aromatic N) is 4. The van der Waals surface area contributed by atoms with Crippen LogP contribution in [0.3, 0.4) is 0 Å². The minimum Gasteiger partial charge on any atom is -0.486 e. The van der Waals surface area contributed by atoms with Gasteiger partial charge in [-0.1, -0.05) is 47.7 Å². The van der Waals surface area contributed by atoms with E-state index in [1.54, 1.807) is 4.52 Å². The van der Waals surface area contributed by atoms with Crippen LogP contribution in [0.1, 0.15) is 5.01 Å². The smallest absolute Gasteiger partial charge is 0.235 e. The molecule has 0 saturated heterocycles. The standard InChI is InChI=1S/C18H12N4O2S/c1-2-7-13(8-3-1)23-11-16-21-22-17(19-20-18(22)25-16)15-10-12-6-4-5-9-14(12)24-15/h1-10H,11H2. The molecule has 0 aliphatic carbocycles. The number of ether oxygens (including phenoxy) is 1. The Morgan fingerprint density at radius 1 is 1.00 bits per heavy atom. The van der Waals surface area contributed by atoms with E-state index in [1.807, 2.05) is 60.7 Å². The topological polar surface area (TPSA) is 65.5 Å². The van der Waals surface area contributed by atoms with E-state index in [-0.39, 0.29) is 0 Å². The van der Waals surface area contributed by atoms with Gasteiger partial charge in [-0.15, -0.1) is 10.2 Å². The van der Waals surface area contributed by atoms with E-state index < -0.39 is 0 Å². The summed E-state index contributed by atoms with van der Waals surface area (Å²) >= 11 is 1.45. The molecule has 6 nitrogen and oxygen atoms in total. The average Bonchev–Trinajstić information content (AvgIpc) is 3.33. The second kappa shape index (κ2) is 5.71. The maximum Gasteiger partial charge on any atom is 0.235 e. The number of para-hydroxylation sites is 2. The maximum absolute atomic E-state index is 5.87. The van der Waals surface area contributed by atoms with E-state index in [1.165, 1.54) is 11.3 Å². The lowest BCUT2D eigenvalue weighted by Crippen LogP contribution is -1.97. The molecule has 3 heterocycles. The summed E-state index contributed by atoms with van der Waals surface area (Å²) in [4.78, 5) is 0.710. The number of hydrogen-bond acceptors (Lipinski definition) is 6. The van der Waals surface area contributed by atoms with Gasteiger partial charge in [-0.2, -0.15) is 9.61 Å². The van der Waals surface area contributed by atoms with Gasteiger partial charge in [0.05, 0.1) is 0 Å². The number of fused-ring (bicyclic) bond motifs is 2. The Bertz CT molecular complexity index is 1130. The van der Waals surface area contributed by atoms with Gasteiger partial charge in [0, 0.05) is 5.39 Å². The van der Waals surface area contributed by atoms with Gasteiger partial charge in [0.2, 0.25) is 10.8 Å². The Morgan fingerprint density at radius 2 is 1.84 bits per heavy atom. The van der Waals surface area contributed by atoms with Crippen molar-refractivity contribution in [3.05, 3.63) is 65.7 Å². The van der Waals surface area contributed by atoms with Gasteiger partial charge >= 0.3 is 0 Å². The van der Waals surface area contributed by atoms with Crippen molar-refractivity contribution in [2.75, 3.05) is 0 Å². The van der Waals surface area contributed by atoms with Crippen LogP contribution in [0, 0.1) is 0 Å². The van der Waals surface area contributed by atoms with Crippen molar-refractivity contribution in [3.63, 3.8) is 0 Å². The summed E-state index contributed by atoms with van der Waals surface area (Å²) in [6.45, 7) is 0.387. The molecular formula is C18H12N4O2S. The number of benzene rings is 2. The Hall–Kier alpha value is -3.19. The molecule has 0 fully saturated rings. The average molecular weight is 348 g/mol. The van der Waals surface area contributed by atoms with Crippen LogP contribution in [-0.4, -0.2) is 19.8 Å². The predicted molar refractivity (Wildman–Crippen MR) is 94.6 cm³/mol. The Kier molecular flexibility index (Phi) is 3.24. The van der Waals surface area contributed by atoms with Crippen LogP contribution < -0.4 is 4.74 Å². The van der Waals surface area contributed by atoms with E-state index in [0.29, 0.717) is 23.2 Å². The van der Waals surface area contributed by atoms with Crippen LogP contribution in [0.15, 0.2) is 65.1 Å². The van der Waals surface area contributed by atoms with Gasteiger partial charge in [-0.3, -0.25) is 0 Å². The van der Waals surface area contributed by atoms with Crippen LogP contribution in [0.5, 0.6) is 5.75 Å². The summed E-state index contributed by atoms with van der Waals surface area (Å²) in [6.07, 6.45) is 0. The number of rotatable bonds is 4. The third-order valence-electron chi connectivity index (χ3n) is 3.78. The fraction of sp³-hybridized carbons (Fsp3) is 0.0556. The minimum atomic E-state index is 0.387. The van der Waals surface area contributed by atoms with E-state index >= 15 is 0 Å². The number of hydrogen-bond donors (Lipinski definition) is 0. The van der Waals surface area contributed by atoms with Crippen LogP contribution in [-0.2, 0) is 6.61 Å². The zero-order chi connectivity index (χ0) is 16.6. The second-order valence-corrected chi connectivity index (χ2v) is 6.50. The third-order valence-corrected chi connectivity index (χ3v) is 4.66. The minimum absolute atomic E-state index is 0.387. The molecule has 0 amide bonds. The van der Waals surface area contributed by atoms with Gasteiger partial charge in [0.25, 0.3) is 0 Å². The fourth-order valence-electron chi connectivity index (χ4n) is 2.62. The van der Waals surface area contributed by atoms with Crippen LogP contribution in [0.25, 0.3) is 27.5 Å². The highest BCUT2D eigenvalue weighted by Crippen LogP contribution is 2.28. The Morgan fingerprint density at radius 3 is 2.72 bits per heavy atom. The number of furan rings is 1. The number of aromatic nitrogens is 4. The molecule has 2 aromatic carbocycles. The zero-order valence-electron chi connectivity index (χ0n) is 13.0. The molecule has 0 radical (unpaired) electrons. The molecule has 122 valence electrons. The molecule has 25 heavy (non-hydrogen) atoms. The lowest BCUT2D eigenvalue weighted by Gasteiger charge is -2.01. The van der Waals surface area contributed by atoms with Crippen LogP contribution in [0.2, 0.25) is 0 Å². The van der Waals surface area contributed by atoms with Crippen molar-refractivity contribution in [1.82, 2.24) is 19.8 Å². The van der Waals surface area contributed by atoms with E-state index in [2.05, 4.69) is 15.3 Å². The first kappa shape index (κ1) is 14.2. The van der Waals surface area contributed by atoms with Gasteiger partial charge < -0.3 is 9.15 Å². The van der Waals surface area contributed by atoms with Crippen molar-refractivity contribution in [3.8, 4) is 17.3 Å². The normalized spacial score (nSPS) is 11.4. The lowest BCUT2D eigenvalue weighted by molar-refractivity contribution is 0.304. The second-order valence-electron chi connectivity index (χ2n) is 5.46. The molecular weight excluding hydrogens is 336 g/mol. The molecule has 0 bridgehead atoms. The van der Waals surface area contributed by atoms with Gasteiger partial charge in [0.1, 0.15) is 17.9 Å². The van der Waals surface area contributed by atoms with Crippen molar-refractivity contribution in [2.24, 2.45) is 0 Å². The van der Waals surface area contributed by atoms with Crippen molar-refractivity contribution < 1.29 is 9.15 Å².